The molecule has 0 bridgehead atoms. The van der Waals surface area contributed by atoms with Gasteiger partial charge in [-0.15, -0.1) is 0 Å². The molecule has 0 saturated heterocycles. The Bertz CT molecular complexity index is 407. The first kappa shape index (κ1) is 12.8. The first-order chi connectivity index (χ1) is 7.22. The minimum absolute atomic E-state index is 0.245. The van der Waals surface area contributed by atoms with Gasteiger partial charge >= 0.3 is 0 Å². The lowest BCUT2D eigenvalue weighted by molar-refractivity contribution is 0.0129. The highest BCUT2D eigenvalue weighted by Crippen LogP contribution is 2.29. The van der Waals surface area contributed by atoms with Gasteiger partial charge in [-0.1, -0.05) is 50.3 Å². The van der Waals surface area contributed by atoms with Crippen molar-refractivity contribution in [2.75, 3.05) is 0 Å². The lowest BCUT2D eigenvalue weighted by Gasteiger charge is -2.32. The maximum absolute atomic E-state index is 10.2. The molecule has 1 unspecified atom stereocenters. The number of hydrogen-bond acceptors (Lipinski definition) is 1. The van der Waals surface area contributed by atoms with Crippen LogP contribution in [0.1, 0.15) is 38.8 Å². The van der Waals surface area contributed by atoms with Gasteiger partial charge in [-0.05, 0) is 26.0 Å². The summed E-state index contributed by atoms with van der Waals surface area (Å²) in [5.41, 5.74) is 0.936. The summed E-state index contributed by atoms with van der Waals surface area (Å²) < 4.78 is 0. The summed E-state index contributed by atoms with van der Waals surface area (Å²) in [4.78, 5) is 0. The quantitative estimate of drug-likeness (QED) is 0.660. The van der Waals surface area contributed by atoms with Crippen LogP contribution in [0.4, 0.5) is 0 Å². The molecule has 0 heterocycles. The highest BCUT2D eigenvalue weighted by Gasteiger charge is 2.33. The molecular weight excluding hydrogens is 196 g/mol. The van der Waals surface area contributed by atoms with Gasteiger partial charge in [0.1, 0.15) is 5.60 Å². The zero-order valence-corrected chi connectivity index (χ0v) is 10.8. The fourth-order valence-corrected chi connectivity index (χ4v) is 1.02. The predicted molar refractivity (Wildman–Crippen MR) is 68.1 cm³/mol. The van der Waals surface area contributed by atoms with Gasteiger partial charge in [0.05, 0.1) is 0 Å². The Morgan fingerprint density at radius 2 is 1.50 bits per heavy atom. The van der Waals surface area contributed by atoms with Crippen LogP contribution in [0.25, 0.3) is 0 Å². The lowest BCUT2D eigenvalue weighted by atomic mass is 9.78. The average molecular weight is 216 g/mol. The van der Waals surface area contributed by atoms with Crippen molar-refractivity contribution >= 4 is 0 Å². The topological polar surface area (TPSA) is 20.2 Å². The van der Waals surface area contributed by atoms with Crippen LogP contribution in [0.3, 0.4) is 0 Å². The summed E-state index contributed by atoms with van der Waals surface area (Å²) in [7, 11) is 0. The molecule has 0 fully saturated rings. The molecule has 16 heavy (non-hydrogen) atoms. The Hall–Kier alpha value is -1.26. The van der Waals surface area contributed by atoms with Crippen LogP contribution in [0.2, 0.25) is 0 Å². The second-order valence-electron chi connectivity index (χ2n) is 5.44. The molecule has 0 aromatic heterocycles. The van der Waals surface area contributed by atoms with Gasteiger partial charge in [-0.25, -0.2) is 0 Å². The van der Waals surface area contributed by atoms with Crippen LogP contribution in [0.5, 0.6) is 0 Å². The van der Waals surface area contributed by atoms with Gasteiger partial charge in [0, 0.05) is 11.0 Å². The second kappa shape index (κ2) is 4.31. The standard InChI is InChI=1S/C15H20O/c1-12-6-8-13(9-7-12)10-11-15(5,16)14(2,3)4/h6-9,16H,1-5H3. The smallest absolute Gasteiger partial charge is 0.127 e. The fourth-order valence-electron chi connectivity index (χ4n) is 1.02. The van der Waals surface area contributed by atoms with Gasteiger partial charge in [-0.3, -0.25) is 0 Å². The van der Waals surface area contributed by atoms with E-state index in [1.54, 1.807) is 6.92 Å². The Kier molecular flexibility index (Phi) is 3.45. The summed E-state index contributed by atoms with van der Waals surface area (Å²) in [5, 5.41) is 10.2. The van der Waals surface area contributed by atoms with Crippen molar-refractivity contribution in [1.29, 1.82) is 0 Å². The van der Waals surface area contributed by atoms with Gasteiger partial charge < -0.3 is 5.11 Å². The molecule has 1 rings (SSSR count). The van der Waals surface area contributed by atoms with Crippen LogP contribution in [-0.2, 0) is 0 Å². The van der Waals surface area contributed by atoms with Crippen molar-refractivity contribution in [2.45, 2.75) is 40.2 Å². The van der Waals surface area contributed by atoms with E-state index < -0.39 is 5.60 Å². The number of aryl methyl sites for hydroxylation is 1. The summed E-state index contributed by atoms with van der Waals surface area (Å²) in [6.07, 6.45) is 0. The first-order valence-corrected chi connectivity index (χ1v) is 5.54. The summed E-state index contributed by atoms with van der Waals surface area (Å²) in [6, 6.07) is 7.99. The van der Waals surface area contributed by atoms with E-state index in [0.29, 0.717) is 0 Å². The van der Waals surface area contributed by atoms with Crippen molar-refractivity contribution in [2.24, 2.45) is 5.41 Å². The van der Waals surface area contributed by atoms with Crippen LogP contribution < -0.4 is 0 Å². The zero-order chi connectivity index (χ0) is 12.4. The average Bonchev–Trinajstić information content (AvgIpc) is 2.15. The minimum Gasteiger partial charge on any atom is -0.377 e. The summed E-state index contributed by atoms with van der Waals surface area (Å²) in [6.45, 7) is 9.75. The van der Waals surface area contributed by atoms with Crippen LogP contribution in [-0.4, -0.2) is 10.7 Å². The maximum atomic E-state index is 10.2. The molecule has 0 radical (unpaired) electrons. The van der Waals surface area contributed by atoms with E-state index in [0.717, 1.165) is 5.56 Å². The highest BCUT2D eigenvalue weighted by atomic mass is 16.3. The number of hydrogen-bond donors (Lipinski definition) is 1. The van der Waals surface area contributed by atoms with Gasteiger partial charge in [-0.2, -0.15) is 0 Å². The summed E-state index contributed by atoms with van der Waals surface area (Å²) in [5.74, 6) is 5.96. The number of rotatable bonds is 0. The minimum atomic E-state index is -0.974. The molecule has 0 aliphatic rings. The SMILES string of the molecule is Cc1ccc(C#CC(C)(O)C(C)(C)C)cc1. The fraction of sp³-hybridized carbons (Fsp3) is 0.467. The third-order valence-electron chi connectivity index (χ3n) is 2.96. The molecule has 0 aliphatic heterocycles. The van der Waals surface area contributed by atoms with Crippen molar-refractivity contribution in [1.82, 2.24) is 0 Å². The van der Waals surface area contributed by atoms with Crippen molar-refractivity contribution in [3.8, 4) is 11.8 Å². The third kappa shape index (κ3) is 3.12. The van der Waals surface area contributed by atoms with Gasteiger partial charge in [0.2, 0.25) is 0 Å². The molecule has 86 valence electrons. The van der Waals surface area contributed by atoms with E-state index in [9.17, 15) is 5.11 Å². The Balaban J connectivity index is 2.94. The van der Waals surface area contributed by atoms with Crippen LogP contribution in [0, 0.1) is 24.2 Å². The lowest BCUT2D eigenvalue weighted by Crippen LogP contribution is -2.38. The van der Waals surface area contributed by atoms with Crippen LogP contribution in [0.15, 0.2) is 24.3 Å². The maximum Gasteiger partial charge on any atom is 0.127 e. The molecule has 0 saturated carbocycles. The van der Waals surface area contributed by atoms with E-state index in [1.807, 2.05) is 52.0 Å². The molecule has 1 heteroatoms. The molecule has 1 atom stereocenters. The van der Waals surface area contributed by atoms with E-state index >= 15 is 0 Å². The number of aliphatic hydroxyl groups is 1. The largest absolute Gasteiger partial charge is 0.377 e. The van der Waals surface area contributed by atoms with Gasteiger partial charge in [0.15, 0.2) is 0 Å². The number of benzene rings is 1. The van der Waals surface area contributed by atoms with E-state index in [2.05, 4.69) is 11.8 Å². The highest BCUT2D eigenvalue weighted by molar-refractivity contribution is 5.38. The Morgan fingerprint density at radius 1 is 1.00 bits per heavy atom. The molecule has 1 aromatic carbocycles. The van der Waals surface area contributed by atoms with Gasteiger partial charge in [0.25, 0.3) is 0 Å². The molecule has 1 aromatic rings. The van der Waals surface area contributed by atoms with E-state index in [4.69, 9.17) is 0 Å². The van der Waals surface area contributed by atoms with E-state index in [1.165, 1.54) is 5.56 Å². The Morgan fingerprint density at radius 3 is 1.94 bits per heavy atom. The molecule has 1 nitrogen and oxygen atoms in total. The predicted octanol–water partition coefficient (Wildman–Crippen LogP) is 3.14. The normalized spacial score (nSPS) is 14.9. The van der Waals surface area contributed by atoms with Crippen molar-refractivity contribution in [3.05, 3.63) is 35.4 Å². The monoisotopic (exact) mass is 216 g/mol. The van der Waals surface area contributed by atoms with Crippen LogP contribution >= 0.6 is 0 Å². The van der Waals surface area contributed by atoms with Crippen molar-refractivity contribution < 1.29 is 5.11 Å². The molecule has 0 spiro atoms. The zero-order valence-electron chi connectivity index (χ0n) is 10.8. The molecule has 0 amide bonds. The molecule has 0 aliphatic carbocycles. The third-order valence-corrected chi connectivity index (χ3v) is 2.96. The van der Waals surface area contributed by atoms with Crippen molar-refractivity contribution in [3.63, 3.8) is 0 Å². The van der Waals surface area contributed by atoms with E-state index in [-0.39, 0.29) is 5.41 Å². The first-order valence-electron chi connectivity index (χ1n) is 5.54. The Labute approximate surface area is 98.5 Å². The summed E-state index contributed by atoms with van der Waals surface area (Å²) >= 11 is 0. The second-order valence-corrected chi connectivity index (χ2v) is 5.44. The molecular formula is C15H20O. The molecule has 1 N–H and O–H groups in total.